The molecule has 0 bridgehead atoms. The van der Waals surface area contributed by atoms with Crippen LogP contribution in [-0.4, -0.2) is 21.6 Å². The Labute approximate surface area is 82.7 Å². The molecular formula is C7H7BrN2O3. The number of aliphatic hydroxyl groups is 1. The zero-order valence-electron chi connectivity index (χ0n) is 6.55. The summed E-state index contributed by atoms with van der Waals surface area (Å²) < 4.78 is 0.768. The zero-order chi connectivity index (χ0) is 9.84. The molecule has 6 heteroatoms. The smallest absolute Gasteiger partial charge is 0.235 e. The first-order chi connectivity index (χ1) is 6.09. The number of rotatable bonds is 3. The van der Waals surface area contributed by atoms with Gasteiger partial charge in [0.2, 0.25) is 6.54 Å². The van der Waals surface area contributed by atoms with Crippen LogP contribution >= 0.6 is 15.9 Å². The van der Waals surface area contributed by atoms with Gasteiger partial charge in [-0.15, -0.1) is 0 Å². The van der Waals surface area contributed by atoms with Gasteiger partial charge in [0, 0.05) is 15.6 Å². The van der Waals surface area contributed by atoms with Gasteiger partial charge in [-0.05, 0) is 28.1 Å². The van der Waals surface area contributed by atoms with Gasteiger partial charge in [-0.1, -0.05) is 0 Å². The van der Waals surface area contributed by atoms with Crippen LogP contribution < -0.4 is 0 Å². The van der Waals surface area contributed by atoms with Crippen molar-refractivity contribution in [3.05, 3.63) is 38.6 Å². The first kappa shape index (κ1) is 10.1. The fourth-order valence-electron chi connectivity index (χ4n) is 0.819. The molecule has 0 aromatic carbocycles. The first-order valence-electron chi connectivity index (χ1n) is 3.51. The van der Waals surface area contributed by atoms with Crippen LogP contribution in [0.15, 0.2) is 22.8 Å². The lowest BCUT2D eigenvalue weighted by atomic mass is 10.2. The fraction of sp³-hybridized carbons (Fsp3) is 0.286. The second kappa shape index (κ2) is 4.29. The molecule has 1 atom stereocenters. The quantitative estimate of drug-likeness (QED) is 0.642. The van der Waals surface area contributed by atoms with Gasteiger partial charge in [0.15, 0.2) is 6.10 Å². The second-order valence-corrected chi connectivity index (χ2v) is 3.35. The number of nitrogens with zero attached hydrogens (tertiary/aromatic N) is 2. The summed E-state index contributed by atoms with van der Waals surface area (Å²) in [6.07, 6.45) is 0.349. The van der Waals surface area contributed by atoms with E-state index in [4.69, 9.17) is 0 Å². The lowest BCUT2D eigenvalue weighted by Crippen LogP contribution is -2.12. The number of nitro groups is 1. The number of halogens is 1. The molecular weight excluding hydrogens is 240 g/mol. The molecule has 0 aliphatic rings. The number of pyridine rings is 1. The maximum atomic E-state index is 10.1. The summed E-state index contributed by atoms with van der Waals surface area (Å²) in [5.41, 5.74) is 0.305. The molecule has 70 valence electrons. The van der Waals surface area contributed by atoms with Gasteiger partial charge in [0.25, 0.3) is 0 Å². The third kappa shape index (κ3) is 3.08. The summed E-state index contributed by atoms with van der Waals surface area (Å²) >= 11 is 3.17. The van der Waals surface area contributed by atoms with E-state index in [1.807, 2.05) is 0 Å². The summed E-state index contributed by atoms with van der Waals surface area (Å²) in [6, 6.07) is 3.21. The van der Waals surface area contributed by atoms with Crippen molar-refractivity contribution >= 4 is 15.9 Å². The van der Waals surface area contributed by atoms with Gasteiger partial charge < -0.3 is 5.11 Å². The van der Waals surface area contributed by atoms with E-state index >= 15 is 0 Å². The highest BCUT2D eigenvalue weighted by Crippen LogP contribution is 2.13. The average molecular weight is 247 g/mol. The summed E-state index contributed by atoms with van der Waals surface area (Å²) in [5.74, 6) is 0. The summed E-state index contributed by atoms with van der Waals surface area (Å²) in [6.45, 7) is -0.519. The Kier molecular flexibility index (Phi) is 3.32. The average Bonchev–Trinajstić information content (AvgIpc) is 2.04. The molecule has 0 saturated heterocycles. The Balaban J connectivity index is 2.71. The van der Waals surface area contributed by atoms with Gasteiger partial charge in [-0.3, -0.25) is 15.1 Å². The monoisotopic (exact) mass is 246 g/mol. The van der Waals surface area contributed by atoms with Crippen LogP contribution in [-0.2, 0) is 0 Å². The molecule has 1 heterocycles. The van der Waals surface area contributed by atoms with Gasteiger partial charge in [-0.2, -0.15) is 0 Å². The van der Waals surface area contributed by atoms with Crippen molar-refractivity contribution in [3.8, 4) is 0 Å². The molecule has 0 fully saturated rings. The van der Waals surface area contributed by atoms with Crippen molar-refractivity contribution in [2.45, 2.75) is 6.10 Å². The number of hydrogen-bond acceptors (Lipinski definition) is 4. The van der Waals surface area contributed by atoms with Gasteiger partial charge >= 0.3 is 0 Å². The third-order valence-electron chi connectivity index (χ3n) is 1.41. The van der Waals surface area contributed by atoms with Crippen molar-refractivity contribution in [2.24, 2.45) is 0 Å². The minimum Gasteiger partial charge on any atom is -0.380 e. The maximum absolute atomic E-state index is 10.1. The van der Waals surface area contributed by atoms with Crippen LogP contribution in [0.25, 0.3) is 0 Å². The molecule has 0 saturated carbocycles. The van der Waals surface area contributed by atoms with Crippen LogP contribution in [0, 0.1) is 10.1 Å². The molecule has 13 heavy (non-hydrogen) atoms. The van der Waals surface area contributed by atoms with Crippen molar-refractivity contribution < 1.29 is 10.0 Å². The van der Waals surface area contributed by atoms with Gasteiger partial charge in [0.05, 0.1) is 5.69 Å². The Bertz CT molecular complexity index is 301. The molecule has 1 N–H and O–H groups in total. The minimum atomic E-state index is -1.14. The summed E-state index contributed by atoms with van der Waals surface area (Å²) in [5, 5.41) is 19.3. The number of aliphatic hydroxyl groups excluding tert-OH is 1. The predicted octanol–water partition coefficient (Wildman–Crippen LogP) is 1.15. The lowest BCUT2D eigenvalue weighted by Gasteiger charge is -2.04. The van der Waals surface area contributed by atoms with E-state index in [0.29, 0.717) is 5.69 Å². The van der Waals surface area contributed by atoms with Crippen LogP contribution in [0.1, 0.15) is 11.8 Å². The maximum Gasteiger partial charge on any atom is 0.235 e. The molecule has 1 aromatic rings. The summed E-state index contributed by atoms with van der Waals surface area (Å²) in [4.78, 5) is 13.3. The van der Waals surface area contributed by atoms with E-state index in [0.717, 1.165) is 4.47 Å². The molecule has 0 amide bonds. The normalized spacial score (nSPS) is 12.5. The zero-order valence-corrected chi connectivity index (χ0v) is 8.14. The van der Waals surface area contributed by atoms with E-state index in [9.17, 15) is 15.2 Å². The SMILES string of the molecule is O=[N+]([O-])C[C@H](O)c1ccc(Br)cn1. The van der Waals surface area contributed by atoms with Crippen LogP contribution in [0.3, 0.4) is 0 Å². The van der Waals surface area contributed by atoms with E-state index in [1.165, 1.54) is 12.3 Å². The number of hydrogen-bond donors (Lipinski definition) is 1. The highest BCUT2D eigenvalue weighted by atomic mass is 79.9. The van der Waals surface area contributed by atoms with Crippen molar-refractivity contribution in [2.75, 3.05) is 6.54 Å². The van der Waals surface area contributed by atoms with Crippen LogP contribution in [0.2, 0.25) is 0 Å². The second-order valence-electron chi connectivity index (χ2n) is 2.43. The van der Waals surface area contributed by atoms with Crippen LogP contribution in [0.4, 0.5) is 0 Å². The Morgan fingerprint density at radius 3 is 2.85 bits per heavy atom. The lowest BCUT2D eigenvalue weighted by molar-refractivity contribution is -0.491. The van der Waals surface area contributed by atoms with E-state index in [-0.39, 0.29) is 0 Å². The molecule has 0 aliphatic carbocycles. The molecule has 0 unspecified atom stereocenters. The molecule has 1 rings (SSSR count). The Morgan fingerprint density at radius 2 is 2.38 bits per heavy atom. The Hall–Kier alpha value is -1.01. The van der Waals surface area contributed by atoms with Gasteiger partial charge in [0.1, 0.15) is 0 Å². The largest absolute Gasteiger partial charge is 0.380 e. The van der Waals surface area contributed by atoms with E-state index < -0.39 is 17.6 Å². The first-order valence-corrected chi connectivity index (χ1v) is 4.30. The molecule has 0 aliphatic heterocycles. The van der Waals surface area contributed by atoms with Crippen molar-refractivity contribution in [1.29, 1.82) is 0 Å². The minimum absolute atomic E-state index is 0.305. The Morgan fingerprint density at radius 1 is 1.69 bits per heavy atom. The molecule has 5 nitrogen and oxygen atoms in total. The van der Waals surface area contributed by atoms with Crippen molar-refractivity contribution in [1.82, 2.24) is 4.98 Å². The van der Waals surface area contributed by atoms with E-state index in [1.54, 1.807) is 6.07 Å². The molecule has 1 aromatic heterocycles. The third-order valence-corrected chi connectivity index (χ3v) is 1.88. The van der Waals surface area contributed by atoms with Gasteiger partial charge in [-0.25, -0.2) is 0 Å². The summed E-state index contributed by atoms with van der Waals surface area (Å²) in [7, 11) is 0. The fourth-order valence-corrected chi connectivity index (χ4v) is 1.05. The van der Waals surface area contributed by atoms with Crippen molar-refractivity contribution in [3.63, 3.8) is 0 Å². The predicted molar refractivity (Wildman–Crippen MR) is 48.8 cm³/mol. The highest BCUT2D eigenvalue weighted by Gasteiger charge is 2.14. The molecule has 0 radical (unpaired) electrons. The molecule has 0 spiro atoms. The standard InChI is InChI=1S/C7H7BrN2O3/c8-5-1-2-6(9-3-5)7(11)4-10(12)13/h1-3,7,11H,4H2/t7-/m0/s1. The van der Waals surface area contributed by atoms with Crippen LogP contribution in [0.5, 0.6) is 0 Å². The number of aromatic nitrogens is 1. The topological polar surface area (TPSA) is 76.3 Å². The van der Waals surface area contributed by atoms with E-state index in [2.05, 4.69) is 20.9 Å². The highest BCUT2D eigenvalue weighted by molar-refractivity contribution is 9.10.